The molecule has 2 amide bonds. The molecule has 0 unspecified atom stereocenters. The molecule has 7 heteroatoms. The van der Waals surface area contributed by atoms with E-state index in [-0.39, 0.29) is 16.7 Å². The first kappa shape index (κ1) is 15.4. The van der Waals surface area contributed by atoms with Crippen molar-refractivity contribution in [2.75, 3.05) is 19.4 Å². The van der Waals surface area contributed by atoms with E-state index in [1.165, 1.54) is 23.3 Å². The Morgan fingerprint density at radius 1 is 1.14 bits per heavy atom. The smallest absolute Gasteiger partial charge is 0.260 e. The molecule has 110 valence electrons. The van der Waals surface area contributed by atoms with Crippen molar-refractivity contribution in [3.63, 3.8) is 0 Å². The van der Waals surface area contributed by atoms with Gasteiger partial charge in [-0.2, -0.15) is 0 Å². The summed E-state index contributed by atoms with van der Waals surface area (Å²) in [4.78, 5) is 25.6. The zero-order valence-corrected chi connectivity index (χ0v) is 12.8. The van der Waals surface area contributed by atoms with Crippen LogP contribution < -0.4 is 5.32 Å². The van der Waals surface area contributed by atoms with Crippen molar-refractivity contribution in [1.29, 1.82) is 0 Å². The largest absolute Gasteiger partial charge is 0.452 e. The van der Waals surface area contributed by atoms with Gasteiger partial charge in [0, 0.05) is 19.1 Å². The molecule has 0 aliphatic carbocycles. The molecule has 1 heterocycles. The minimum atomic E-state index is -0.483. The molecule has 0 saturated heterocycles. The number of hydrogen-bond donors (Lipinski definition) is 1. The summed E-state index contributed by atoms with van der Waals surface area (Å²) in [5, 5.41) is 3.00. The average Bonchev–Trinajstić information content (AvgIpc) is 2.84. The number of carbonyl (C=O) groups excluding carboxylic acids is 2. The first-order chi connectivity index (χ1) is 9.90. The van der Waals surface area contributed by atoms with E-state index in [0.717, 1.165) is 0 Å². The van der Waals surface area contributed by atoms with Gasteiger partial charge >= 0.3 is 0 Å². The molecular weight excluding hydrogens is 315 g/mol. The maximum atomic E-state index is 12.1. The van der Waals surface area contributed by atoms with Crippen LogP contribution in [0.2, 0.25) is 10.2 Å². The Morgan fingerprint density at radius 3 is 2.43 bits per heavy atom. The third-order valence-electron chi connectivity index (χ3n) is 2.73. The van der Waals surface area contributed by atoms with Gasteiger partial charge in [-0.25, -0.2) is 0 Å². The summed E-state index contributed by atoms with van der Waals surface area (Å²) in [7, 11) is 3.24. The van der Waals surface area contributed by atoms with Gasteiger partial charge in [0.15, 0.2) is 0 Å². The van der Waals surface area contributed by atoms with Crippen molar-refractivity contribution in [3.05, 3.63) is 51.9 Å². The standard InChI is InChI=1S/C14H12Cl2N2O3/c1-18(2)14(20)9-4-3-8(15)7-11(9)17-13(19)10-5-6-21-12(10)16/h3-7H,1-2H3,(H,17,19). The van der Waals surface area contributed by atoms with Crippen LogP contribution in [0.15, 0.2) is 34.9 Å². The quantitative estimate of drug-likeness (QED) is 0.938. The highest BCUT2D eigenvalue weighted by Gasteiger charge is 2.18. The maximum absolute atomic E-state index is 12.1. The molecule has 0 aliphatic heterocycles. The first-order valence-electron chi connectivity index (χ1n) is 5.95. The topological polar surface area (TPSA) is 62.6 Å². The number of furan rings is 1. The summed E-state index contributed by atoms with van der Waals surface area (Å²) < 4.78 is 4.87. The van der Waals surface area contributed by atoms with Crippen molar-refractivity contribution in [2.45, 2.75) is 0 Å². The zero-order valence-electron chi connectivity index (χ0n) is 11.3. The van der Waals surface area contributed by atoms with Crippen molar-refractivity contribution >= 4 is 40.7 Å². The van der Waals surface area contributed by atoms with E-state index >= 15 is 0 Å². The number of nitrogens with zero attached hydrogens (tertiary/aromatic N) is 1. The van der Waals surface area contributed by atoms with Gasteiger partial charge in [0.05, 0.1) is 23.1 Å². The van der Waals surface area contributed by atoms with Gasteiger partial charge in [0.2, 0.25) is 5.22 Å². The summed E-state index contributed by atoms with van der Waals surface area (Å²) in [6.45, 7) is 0. The lowest BCUT2D eigenvalue weighted by molar-refractivity contribution is 0.0828. The van der Waals surface area contributed by atoms with E-state index in [1.807, 2.05) is 0 Å². The van der Waals surface area contributed by atoms with Gasteiger partial charge in [-0.1, -0.05) is 11.6 Å². The Bertz CT molecular complexity index is 695. The Morgan fingerprint density at radius 2 is 1.86 bits per heavy atom. The van der Waals surface area contributed by atoms with Crippen molar-refractivity contribution in [3.8, 4) is 0 Å². The second-order valence-corrected chi connectivity index (χ2v) is 5.23. The Balaban J connectivity index is 2.35. The average molecular weight is 327 g/mol. The predicted molar refractivity (Wildman–Crippen MR) is 81.1 cm³/mol. The van der Waals surface area contributed by atoms with E-state index in [4.69, 9.17) is 27.6 Å². The second-order valence-electron chi connectivity index (χ2n) is 4.45. The molecule has 1 N–H and O–H groups in total. The summed E-state index contributed by atoms with van der Waals surface area (Å²) in [6.07, 6.45) is 1.31. The lowest BCUT2D eigenvalue weighted by Gasteiger charge is -2.15. The van der Waals surface area contributed by atoms with Crippen molar-refractivity contribution in [1.82, 2.24) is 4.90 Å². The van der Waals surface area contributed by atoms with Gasteiger partial charge in [0.25, 0.3) is 11.8 Å². The lowest BCUT2D eigenvalue weighted by Crippen LogP contribution is -2.24. The molecule has 0 spiro atoms. The maximum Gasteiger partial charge on any atom is 0.260 e. The number of benzene rings is 1. The highest BCUT2D eigenvalue weighted by Crippen LogP contribution is 2.24. The number of anilines is 1. The lowest BCUT2D eigenvalue weighted by atomic mass is 10.1. The second kappa shape index (κ2) is 6.20. The molecule has 0 saturated carbocycles. The number of carbonyl (C=O) groups is 2. The SMILES string of the molecule is CN(C)C(=O)c1ccc(Cl)cc1NC(=O)c1ccoc1Cl. The van der Waals surface area contributed by atoms with Crippen LogP contribution >= 0.6 is 23.2 Å². The van der Waals surface area contributed by atoms with E-state index in [1.54, 1.807) is 26.2 Å². The van der Waals surface area contributed by atoms with Gasteiger partial charge in [0.1, 0.15) is 0 Å². The van der Waals surface area contributed by atoms with Crippen molar-refractivity contribution in [2.24, 2.45) is 0 Å². The van der Waals surface area contributed by atoms with Crippen LogP contribution in [0.25, 0.3) is 0 Å². The number of hydrogen-bond acceptors (Lipinski definition) is 3. The fraction of sp³-hybridized carbons (Fsp3) is 0.143. The van der Waals surface area contributed by atoms with Crippen LogP contribution in [0.5, 0.6) is 0 Å². The summed E-state index contributed by atoms with van der Waals surface area (Å²) in [6, 6.07) is 6.08. The summed E-state index contributed by atoms with van der Waals surface area (Å²) in [5.74, 6) is -0.732. The predicted octanol–water partition coefficient (Wildman–Crippen LogP) is 3.54. The number of halogens is 2. The fourth-order valence-corrected chi connectivity index (χ4v) is 2.07. The van der Waals surface area contributed by atoms with E-state index in [9.17, 15) is 9.59 Å². The zero-order chi connectivity index (χ0) is 15.6. The number of nitrogens with one attached hydrogen (secondary N) is 1. The minimum absolute atomic E-state index is 0.0185. The molecule has 0 atom stereocenters. The van der Waals surface area contributed by atoms with E-state index in [2.05, 4.69) is 5.32 Å². The molecule has 0 aliphatic rings. The number of amides is 2. The summed E-state index contributed by atoms with van der Waals surface area (Å²) in [5.41, 5.74) is 0.820. The van der Waals surface area contributed by atoms with Crippen molar-refractivity contribution < 1.29 is 14.0 Å². The van der Waals surface area contributed by atoms with Crippen LogP contribution in [-0.2, 0) is 0 Å². The molecule has 1 aromatic carbocycles. The molecular formula is C14H12Cl2N2O3. The minimum Gasteiger partial charge on any atom is -0.452 e. The third-order valence-corrected chi connectivity index (χ3v) is 3.26. The Hall–Kier alpha value is -1.98. The van der Waals surface area contributed by atoms with Crippen LogP contribution in [0.3, 0.4) is 0 Å². The molecule has 0 bridgehead atoms. The molecule has 2 aromatic rings. The highest BCUT2D eigenvalue weighted by atomic mass is 35.5. The van der Waals surface area contributed by atoms with Gasteiger partial charge < -0.3 is 14.6 Å². The van der Waals surface area contributed by atoms with E-state index in [0.29, 0.717) is 16.3 Å². The normalized spacial score (nSPS) is 10.3. The van der Waals surface area contributed by atoms with Crippen LogP contribution in [0.1, 0.15) is 20.7 Å². The van der Waals surface area contributed by atoms with Gasteiger partial charge in [-0.05, 0) is 35.9 Å². The number of rotatable bonds is 3. The Labute approximate surface area is 131 Å². The Kier molecular flexibility index (Phi) is 4.55. The van der Waals surface area contributed by atoms with Gasteiger partial charge in [-0.15, -0.1) is 0 Å². The molecule has 21 heavy (non-hydrogen) atoms. The molecule has 1 aromatic heterocycles. The molecule has 2 rings (SSSR count). The fourth-order valence-electron chi connectivity index (χ4n) is 1.69. The van der Waals surface area contributed by atoms with Gasteiger partial charge in [-0.3, -0.25) is 9.59 Å². The third kappa shape index (κ3) is 3.37. The van der Waals surface area contributed by atoms with Crippen LogP contribution in [0.4, 0.5) is 5.69 Å². The molecule has 0 fully saturated rings. The van der Waals surface area contributed by atoms with Crippen LogP contribution in [0, 0.1) is 0 Å². The first-order valence-corrected chi connectivity index (χ1v) is 6.71. The van der Waals surface area contributed by atoms with E-state index < -0.39 is 5.91 Å². The highest BCUT2D eigenvalue weighted by molar-refractivity contribution is 6.33. The summed E-state index contributed by atoms with van der Waals surface area (Å²) >= 11 is 11.7. The molecule has 5 nitrogen and oxygen atoms in total. The monoisotopic (exact) mass is 326 g/mol. The van der Waals surface area contributed by atoms with Crippen LogP contribution in [-0.4, -0.2) is 30.8 Å². The molecule has 0 radical (unpaired) electrons.